The van der Waals surface area contributed by atoms with E-state index in [1.54, 1.807) is 19.9 Å². The highest BCUT2D eigenvalue weighted by molar-refractivity contribution is 6.12. The zero-order valence-electron chi connectivity index (χ0n) is 34.9. The predicted octanol–water partition coefficient (Wildman–Crippen LogP) is 2.53. The number of anilines is 1. The summed E-state index contributed by atoms with van der Waals surface area (Å²) in [7, 11) is 2.86. The topological polar surface area (TPSA) is 196 Å². The van der Waals surface area contributed by atoms with Crippen molar-refractivity contribution < 1.29 is 51.8 Å². The highest BCUT2D eigenvalue weighted by atomic mass is 19.1. The van der Waals surface area contributed by atoms with Gasteiger partial charge in [0.05, 0.1) is 20.1 Å². The molecule has 61 heavy (non-hydrogen) atoms. The fourth-order valence-corrected chi connectivity index (χ4v) is 10.0. The van der Waals surface area contributed by atoms with Crippen LogP contribution in [0, 0.1) is 29.4 Å². The summed E-state index contributed by atoms with van der Waals surface area (Å²) in [6, 6.07) is 0.537. The summed E-state index contributed by atoms with van der Waals surface area (Å²) < 4.78 is 39.5. The van der Waals surface area contributed by atoms with Gasteiger partial charge in [-0.1, -0.05) is 13.8 Å². The molecule has 7 amide bonds. The second-order valence-corrected chi connectivity index (χ2v) is 17.0. The molecule has 1 saturated carbocycles. The number of hydrogen-bond acceptors (Lipinski definition) is 9. The van der Waals surface area contributed by atoms with Crippen molar-refractivity contribution in [1.29, 1.82) is 0 Å². The number of methoxy groups -OCH3 is 2. The normalized spacial score (nSPS) is 29.5. The van der Waals surface area contributed by atoms with Gasteiger partial charge in [0.15, 0.2) is 17.3 Å². The van der Waals surface area contributed by atoms with E-state index in [2.05, 4.69) is 21.3 Å². The number of benzene rings is 2. The lowest BCUT2D eigenvalue weighted by Gasteiger charge is -2.39. The van der Waals surface area contributed by atoms with Gasteiger partial charge in [0.1, 0.15) is 47.4 Å². The lowest BCUT2D eigenvalue weighted by molar-refractivity contribution is -0.151. The Balaban J connectivity index is 1.24. The number of fused-ring (bicyclic) bond motifs is 2. The van der Waals surface area contributed by atoms with Crippen LogP contribution in [-0.2, 0) is 35.2 Å². The van der Waals surface area contributed by atoms with Crippen molar-refractivity contribution in [3.8, 4) is 11.5 Å². The van der Waals surface area contributed by atoms with Gasteiger partial charge in [-0.2, -0.15) is 0 Å². The fraction of sp³-hybridized carbons (Fsp3) is 0.558. The molecule has 16 nitrogen and oxygen atoms in total. The number of nitrogens with one attached hydrogen (secondary N) is 4. The van der Waals surface area contributed by atoms with Crippen LogP contribution in [0.1, 0.15) is 64.9 Å². The number of Topliss-reactive ketones (excluding diaryl/α,β-unsaturated/α-hetero) is 1. The average molecular weight is 850 g/mol. The Morgan fingerprint density at radius 1 is 0.852 bits per heavy atom. The molecule has 0 radical (unpaired) electrons. The number of halogens is 2. The minimum absolute atomic E-state index is 0.0227. The Hall–Kier alpha value is -5.81. The first kappa shape index (κ1) is 43.3. The summed E-state index contributed by atoms with van der Waals surface area (Å²) in [5, 5.41) is 10.8. The van der Waals surface area contributed by atoms with Gasteiger partial charge in [-0.3, -0.25) is 28.8 Å². The van der Waals surface area contributed by atoms with Crippen molar-refractivity contribution in [3.05, 3.63) is 53.6 Å². The van der Waals surface area contributed by atoms with E-state index in [-0.39, 0.29) is 42.6 Å². The standard InChI is InChI=1S/C43H53F2N7O9/c1-22-20-43-34(36(43)53)23(2)35(41(58)51-14-8-10-31(51)40(57)50-13-7-6-9-30(50)38(55)46-24(3)39(56)52(43)21-22)49-37(54)29(17-25-15-26(44)18-27(45)16-25)48-42(59)47-28-11-12-32(60-4)33(19-28)61-5/h11-12,15-16,18-19,22-24,29-31,34-35H,6-10,13-14,17,20-21H2,1-5H3,(H,46,55)(H,49,54)(H2,47,48,59)/t22-,23-,24+,29+,30+,31+,34+,35+,43+/m1/s1. The molecule has 4 N–H and O–H groups in total. The van der Waals surface area contributed by atoms with Crippen LogP contribution in [0.2, 0.25) is 0 Å². The largest absolute Gasteiger partial charge is 0.493 e. The van der Waals surface area contributed by atoms with Crippen LogP contribution >= 0.6 is 0 Å². The molecule has 4 heterocycles. The average Bonchev–Trinajstić information content (AvgIpc) is 3.51. The third-order valence-corrected chi connectivity index (χ3v) is 12.9. The summed E-state index contributed by atoms with van der Waals surface area (Å²) in [5.41, 5.74) is -1.02. The van der Waals surface area contributed by atoms with Crippen molar-refractivity contribution in [2.24, 2.45) is 17.8 Å². The van der Waals surface area contributed by atoms with Crippen molar-refractivity contribution in [2.45, 2.75) is 101 Å². The lowest BCUT2D eigenvalue weighted by atomic mass is 9.90. The molecule has 328 valence electrons. The van der Waals surface area contributed by atoms with Crippen LogP contribution in [0.15, 0.2) is 36.4 Å². The summed E-state index contributed by atoms with van der Waals surface area (Å²) in [5.74, 6) is -6.31. The monoisotopic (exact) mass is 849 g/mol. The number of piperidine rings is 1. The molecule has 0 unspecified atom stereocenters. The van der Waals surface area contributed by atoms with Gasteiger partial charge in [-0.25, -0.2) is 13.6 Å². The number of ketones is 1. The van der Waals surface area contributed by atoms with E-state index in [4.69, 9.17) is 9.47 Å². The molecule has 4 saturated heterocycles. The first-order chi connectivity index (χ1) is 29.1. The molecule has 5 aliphatic rings. The van der Waals surface area contributed by atoms with Gasteiger partial charge >= 0.3 is 6.03 Å². The van der Waals surface area contributed by atoms with Gasteiger partial charge in [0.25, 0.3) is 0 Å². The number of rotatable bonds is 8. The molecule has 2 aromatic carbocycles. The second-order valence-electron chi connectivity index (χ2n) is 17.0. The van der Waals surface area contributed by atoms with E-state index in [0.717, 1.165) is 12.1 Å². The lowest BCUT2D eigenvalue weighted by Crippen LogP contribution is -2.61. The van der Waals surface area contributed by atoms with Gasteiger partial charge in [0, 0.05) is 43.9 Å². The maximum absolute atomic E-state index is 15.0. The van der Waals surface area contributed by atoms with Crippen LogP contribution in [0.4, 0.5) is 19.3 Å². The van der Waals surface area contributed by atoms with Crippen molar-refractivity contribution in [2.75, 3.05) is 39.2 Å². The number of hydrogen-bond donors (Lipinski definition) is 4. The molecule has 1 aliphatic carbocycles. The Bertz CT molecular complexity index is 2100. The van der Waals surface area contributed by atoms with Crippen LogP contribution < -0.4 is 30.7 Å². The SMILES string of the molecule is COc1ccc(NC(=O)N[C@@H](Cc2cc(F)cc(F)c2)C(=O)N[C@@H]2C(=O)N3CCC[C@H]3C(=O)N3CCCC[C@H]3C(=O)N[C@@H](C)C(=O)N3C[C@H](C)C[C@]34C(=O)[C@@H]4[C@H]2C)cc1OC. The highest BCUT2D eigenvalue weighted by Crippen LogP contribution is 2.57. The number of nitrogens with zero attached hydrogens (tertiary/aromatic N) is 3. The van der Waals surface area contributed by atoms with E-state index >= 15 is 4.79 Å². The number of amides is 7. The molecular weight excluding hydrogens is 797 g/mol. The van der Waals surface area contributed by atoms with E-state index < -0.39 is 101 Å². The van der Waals surface area contributed by atoms with Crippen LogP contribution in [0.5, 0.6) is 11.5 Å². The zero-order valence-corrected chi connectivity index (χ0v) is 34.9. The zero-order chi connectivity index (χ0) is 43.9. The van der Waals surface area contributed by atoms with Crippen molar-refractivity contribution >= 4 is 47.0 Å². The van der Waals surface area contributed by atoms with Gasteiger partial charge in [0.2, 0.25) is 29.5 Å². The van der Waals surface area contributed by atoms with Crippen LogP contribution in [0.25, 0.3) is 0 Å². The number of ether oxygens (including phenoxy) is 2. The van der Waals surface area contributed by atoms with Crippen LogP contribution in [-0.4, -0.2) is 126 Å². The summed E-state index contributed by atoms with van der Waals surface area (Å²) in [4.78, 5) is 104. The first-order valence-electron chi connectivity index (χ1n) is 20.9. The Labute approximate surface area is 352 Å². The molecule has 0 aromatic heterocycles. The Morgan fingerprint density at radius 3 is 2.23 bits per heavy atom. The maximum Gasteiger partial charge on any atom is 0.319 e. The molecule has 7 rings (SSSR count). The summed E-state index contributed by atoms with van der Waals surface area (Å²) >= 11 is 0. The van der Waals surface area contributed by atoms with Gasteiger partial charge in [-0.05, 0) is 87.1 Å². The minimum atomic E-state index is -1.53. The molecule has 18 heteroatoms. The number of carbonyl (C=O) groups excluding carboxylic acids is 7. The fourth-order valence-electron chi connectivity index (χ4n) is 10.0. The molecule has 4 aliphatic heterocycles. The third-order valence-electron chi connectivity index (χ3n) is 12.9. The molecule has 1 spiro atoms. The first-order valence-corrected chi connectivity index (χ1v) is 20.9. The predicted molar refractivity (Wildman–Crippen MR) is 215 cm³/mol. The number of carbonyl (C=O) groups is 7. The molecule has 2 aromatic rings. The van der Waals surface area contributed by atoms with E-state index in [1.807, 2.05) is 6.92 Å². The van der Waals surface area contributed by atoms with Crippen molar-refractivity contribution in [1.82, 2.24) is 30.7 Å². The van der Waals surface area contributed by atoms with E-state index in [0.29, 0.717) is 56.1 Å². The second kappa shape index (κ2) is 17.3. The highest BCUT2D eigenvalue weighted by Gasteiger charge is 2.74. The molecule has 0 bridgehead atoms. The van der Waals surface area contributed by atoms with Gasteiger partial charge < -0.3 is 45.4 Å². The Morgan fingerprint density at radius 2 is 1.52 bits per heavy atom. The quantitative estimate of drug-likeness (QED) is 0.309. The van der Waals surface area contributed by atoms with E-state index in [1.165, 1.54) is 41.1 Å². The van der Waals surface area contributed by atoms with Gasteiger partial charge in [-0.15, -0.1) is 0 Å². The molecule has 9 atom stereocenters. The van der Waals surface area contributed by atoms with Crippen molar-refractivity contribution in [3.63, 3.8) is 0 Å². The molecule has 5 fully saturated rings. The van der Waals surface area contributed by atoms with Crippen LogP contribution in [0.3, 0.4) is 0 Å². The summed E-state index contributed by atoms with van der Waals surface area (Å²) in [6.45, 7) is 5.76. The third kappa shape index (κ3) is 8.32. The minimum Gasteiger partial charge on any atom is -0.493 e. The summed E-state index contributed by atoms with van der Waals surface area (Å²) in [6.07, 6.45) is 2.32. The smallest absolute Gasteiger partial charge is 0.319 e. The Kier molecular flexibility index (Phi) is 12.3. The number of urea groups is 1. The van der Waals surface area contributed by atoms with E-state index in [9.17, 15) is 37.5 Å². The molecular formula is C43H53F2N7O9. The maximum atomic E-state index is 15.0.